The maximum Gasteiger partial charge on any atom is 0.101 e. The maximum absolute atomic E-state index is 2.49. The van der Waals surface area contributed by atoms with Crippen LogP contribution in [0.2, 0.25) is 20.0 Å². The SMILES string of the molecule is CBB(C)CC(C)C(CC)CCSC1CCC(C)C1. The van der Waals surface area contributed by atoms with Gasteiger partial charge in [0.25, 0.3) is 0 Å². The Bertz CT molecular complexity index is 235. The van der Waals surface area contributed by atoms with Crippen molar-refractivity contribution in [2.75, 3.05) is 5.75 Å². The third-order valence-electron chi connectivity index (χ3n) is 5.29. The molecule has 1 fully saturated rings. The molecule has 0 radical (unpaired) electrons. The van der Waals surface area contributed by atoms with E-state index >= 15 is 0 Å². The van der Waals surface area contributed by atoms with E-state index in [1.807, 2.05) is 0 Å². The minimum absolute atomic E-state index is 0.910. The molecule has 0 N–H and O–H groups in total. The van der Waals surface area contributed by atoms with Crippen molar-refractivity contribution in [1.29, 1.82) is 0 Å². The summed E-state index contributed by atoms with van der Waals surface area (Å²) in [6.07, 6.45) is 8.68. The molecule has 4 unspecified atom stereocenters. The van der Waals surface area contributed by atoms with Crippen LogP contribution < -0.4 is 0 Å². The number of hydrogen-bond acceptors (Lipinski definition) is 1. The first-order valence-corrected chi connectivity index (χ1v) is 9.73. The van der Waals surface area contributed by atoms with Crippen LogP contribution in [0.1, 0.15) is 52.9 Å². The van der Waals surface area contributed by atoms with Crippen molar-refractivity contribution in [3.8, 4) is 0 Å². The van der Waals surface area contributed by atoms with Gasteiger partial charge in [-0.3, -0.25) is 0 Å². The summed E-state index contributed by atoms with van der Waals surface area (Å²) < 4.78 is 0. The second-order valence-corrected chi connectivity index (χ2v) is 8.50. The molecule has 1 saturated carbocycles. The van der Waals surface area contributed by atoms with Crippen LogP contribution in [0.4, 0.5) is 0 Å². The lowest BCUT2D eigenvalue weighted by atomic mass is 9.21. The van der Waals surface area contributed by atoms with Crippen LogP contribution in [-0.2, 0) is 0 Å². The molecule has 0 bridgehead atoms. The fourth-order valence-corrected chi connectivity index (χ4v) is 5.12. The largest absolute Gasteiger partial charge is 0.159 e. The topological polar surface area (TPSA) is 0 Å². The predicted octanol–water partition coefficient (Wildman–Crippen LogP) is 5.07. The van der Waals surface area contributed by atoms with E-state index in [-0.39, 0.29) is 0 Å². The Morgan fingerprint density at radius 1 is 1.37 bits per heavy atom. The Kier molecular flexibility index (Phi) is 8.69. The van der Waals surface area contributed by atoms with Gasteiger partial charge < -0.3 is 0 Å². The fourth-order valence-electron chi connectivity index (χ4n) is 3.58. The molecular formula is C16H34B2S. The molecule has 110 valence electrons. The Labute approximate surface area is 127 Å². The van der Waals surface area contributed by atoms with Crippen LogP contribution in [0.5, 0.6) is 0 Å². The smallest absolute Gasteiger partial charge is 0.101 e. The average molecular weight is 280 g/mol. The lowest BCUT2D eigenvalue weighted by Crippen LogP contribution is -2.23. The molecule has 1 rings (SSSR count). The monoisotopic (exact) mass is 280 g/mol. The Morgan fingerprint density at radius 3 is 2.63 bits per heavy atom. The molecule has 0 aromatic carbocycles. The van der Waals surface area contributed by atoms with Crippen molar-refractivity contribution < 1.29 is 0 Å². The molecule has 4 atom stereocenters. The summed E-state index contributed by atoms with van der Waals surface area (Å²) in [5.74, 6) is 4.27. The predicted molar refractivity (Wildman–Crippen MR) is 96.3 cm³/mol. The van der Waals surface area contributed by atoms with E-state index in [0.29, 0.717) is 0 Å². The molecule has 0 saturated heterocycles. The summed E-state index contributed by atoms with van der Waals surface area (Å²) in [5, 5.41) is 0.984. The van der Waals surface area contributed by atoms with E-state index in [2.05, 4.69) is 46.2 Å². The number of thioether (sulfide) groups is 1. The highest BCUT2D eigenvalue weighted by Gasteiger charge is 2.23. The first-order chi connectivity index (χ1) is 9.06. The van der Waals surface area contributed by atoms with E-state index in [1.165, 1.54) is 51.3 Å². The van der Waals surface area contributed by atoms with Gasteiger partial charge in [-0.1, -0.05) is 47.2 Å². The summed E-state index contributed by atoms with van der Waals surface area (Å²) >= 11 is 2.27. The highest BCUT2D eigenvalue weighted by Crippen LogP contribution is 2.35. The lowest BCUT2D eigenvalue weighted by Gasteiger charge is -2.24. The van der Waals surface area contributed by atoms with Gasteiger partial charge in [-0.05, 0) is 49.2 Å². The number of hydrogen-bond donors (Lipinski definition) is 0. The molecule has 19 heavy (non-hydrogen) atoms. The minimum atomic E-state index is 0.910. The van der Waals surface area contributed by atoms with Crippen molar-refractivity contribution in [3.05, 3.63) is 0 Å². The molecule has 0 aromatic rings. The average Bonchev–Trinajstić information content (AvgIpc) is 2.80. The molecule has 3 heteroatoms. The summed E-state index contributed by atoms with van der Waals surface area (Å²) in [6, 6.07) is 0. The molecular weight excluding hydrogens is 246 g/mol. The molecule has 0 aromatic heterocycles. The summed E-state index contributed by atoms with van der Waals surface area (Å²) in [7, 11) is 1.34. The van der Waals surface area contributed by atoms with E-state index < -0.39 is 0 Å². The van der Waals surface area contributed by atoms with Gasteiger partial charge in [0.2, 0.25) is 0 Å². The summed E-state index contributed by atoms with van der Waals surface area (Å²) in [6.45, 7) is 13.0. The standard InChI is InChI=1S/C16H34B2S/c1-6-15(14(3)12-18(5)17-4)9-10-19-16-8-7-13(2)11-16/h13-17H,6-12H2,1-5H3. The molecule has 0 heterocycles. The first-order valence-electron chi connectivity index (χ1n) is 8.68. The van der Waals surface area contributed by atoms with Gasteiger partial charge in [-0.2, -0.15) is 11.8 Å². The second-order valence-electron chi connectivity index (χ2n) is 7.09. The molecule has 1 aliphatic rings. The van der Waals surface area contributed by atoms with Crippen LogP contribution in [0.25, 0.3) is 0 Å². The molecule has 0 spiro atoms. The number of rotatable bonds is 9. The zero-order chi connectivity index (χ0) is 14.3. The molecule has 1 aliphatic carbocycles. The van der Waals surface area contributed by atoms with Crippen LogP contribution in [-0.4, -0.2) is 24.8 Å². The third-order valence-corrected chi connectivity index (χ3v) is 6.66. The van der Waals surface area contributed by atoms with Gasteiger partial charge in [-0.25, -0.2) is 0 Å². The van der Waals surface area contributed by atoms with Gasteiger partial charge in [-0.15, -0.1) is 0 Å². The van der Waals surface area contributed by atoms with E-state index in [1.54, 1.807) is 0 Å². The van der Waals surface area contributed by atoms with Crippen LogP contribution in [0.3, 0.4) is 0 Å². The van der Waals surface area contributed by atoms with Gasteiger partial charge in [0.15, 0.2) is 0 Å². The van der Waals surface area contributed by atoms with Crippen LogP contribution in [0, 0.1) is 17.8 Å². The van der Waals surface area contributed by atoms with Gasteiger partial charge in [0.1, 0.15) is 6.60 Å². The molecule has 0 aliphatic heterocycles. The van der Waals surface area contributed by atoms with Crippen LogP contribution >= 0.6 is 11.8 Å². The highest BCUT2D eigenvalue weighted by molar-refractivity contribution is 7.99. The second kappa shape index (κ2) is 9.42. The van der Waals surface area contributed by atoms with Crippen molar-refractivity contribution in [1.82, 2.24) is 0 Å². The first kappa shape index (κ1) is 17.5. The van der Waals surface area contributed by atoms with Crippen molar-refractivity contribution >= 4 is 25.5 Å². The zero-order valence-corrected chi connectivity index (χ0v) is 14.8. The van der Waals surface area contributed by atoms with Crippen molar-refractivity contribution in [2.45, 2.75) is 78.1 Å². The summed E-state index contributed by atoms with van der Waals surface area (Å²) in [4.78, 5) is 0. The van der Waals surface area contributed by atoms with E-state index in [0.717, 1.165) is 29.6 Å². The molecule has 0 nitrogen and oxygen atoms in total. The minimum Gasteiger partial charge on any atom is -0.159 e. The molecule has 0 amide bonds. The Hall–Kier alpha value is 0.480. The van der Waals surface area contributed by atoms with Crippen molar-refractivity contribution in [2.24, 2.45) is 17.8 Å². The quantitative estimate of drug-likeness (QED) is 0.531. The highest BCUT2D eigenvalue weighted by atomic mass is 32.2. The Morgan fingerprint density at radius 2 is 2.11 bits per heavy atom. The van der Waals surface area contributed by atoms with Gasteiger partial charge in [0.05, 0.1) is 7.17 Å². The van der Waals surface area contributed by atoms with E-state index in [9.17, 15) is 0 Å². The fraction of sp³-hybridized carbons (Fsp3) is 1.00. The zero-order valence-electron chi connectivity index (χ0n) is 14.0. The van der Waals surface area contributed by atoms with E-state index in [4.69, 9.17) is 0 Å². The van der Waals surface area contributed by atoms with Gasteiger partial charge in [0, 0.05) is 5.25 Å². The van der Waals surface area contributed by atoms with Gasteiger partial charge >= 0.3 is 0 Å². The normalized spacial score (nSPS) is 26.2. The third kappa shape index (κ3) is 6.65. The Balaban J connectivity index is 2.20. The van der Waals surface area contributed by atoms with Crippen LogP contribution in [0.15, 0.2) is 0 Å². The lowest BCUT2D eigenvalue weighted by molar-refractivity contribution is 0.363. The van der Waals surface area contributed by atoms with Crippen molar-refractivity contribution in [3.63, 3.8) is 0 Å². The maximum atomic E-state index is 2.49. The summed E-state index contributed by atoms with van der Waals surface area (Å²) in [5.41, 5.74) is 0.